The molecule has 4 rings (SSSR count). The van der Waals surface area contributed by atoms with Crippen molar-refractivity contribution >= 4 is 0 Å². The summed E-state index contributed by atoms with van der Waals surface area (Å²) in [5.74, 6) is 1.08. The van der Waals surface area contributed by atoms with Crippen LogP contribution < -0.4 is 0 Å². The van der Waals surface area contributed by atoms with Gasteiger partial charge in [0.2, 0.25) is 0 Å². The Bertz CT molecular complexity index is 789. The third-order valence-electron chi connectivity index (χ3n) is 4.89. The Morgan fingerprint density at radius 2 is 2.04 bits per heavy atom. The van der Waals surface area contributed by atoms with E-state index in [1.807, 2.05) is 24.8 Å². The molecule has 1 atom stereocenters. The number of imidazole rings is 2. The van der Waals surface area contributed by atoms with Crippen LogP contribution in [0.1, 0.15) is 36.8 Å². The monoisotopic (exact) mass is 321 g/mol. The van der Waals surface area contributed by atoms with Crippen molar-refractivity contribution in [3.8, 4) is 11.3 Å². The van der Waals surface area contributed by atoms with Crippen LogP contribution in [-0.2, 0) is 13.6 Å². The summed E-state index contributed by atoms with van der Waals surface area (Å²) in [6.45, 7) is 2.03. The van der Waals surface area contributed by atoms with Crippen LogP contribution in [0.15, 0.2) is 49.1 Å². The zero-order valence-corrected chi connectivity index (χ0v) is 14.0. The Morgan fingerprint density at radius 1 is 1.17 bits per heavy atom. The fraction of sp³-hybridized carbons (Fsp3) is 0.368. The molecular weight excluding hydrogens is 298 g/mol. The Labute approximate surface area is 142 Å². The van der Waals surface area contributed by atoms with Crippen molar-refractivity contribution in [3.05, 3.63) is 60.6 Å². The molecule has 1 aliphatic heterocycles. The number of likely N-dealkylation sites (tertiary alicyclic amines) is 1. The zero-order chi connectivity index (χ0) is 16.4. The number of benzene rings is 1. The van der Waals surface area contributed by atoms with Crippen LogP contribution in [0.25, 0.3) is 11.3 Å². The van der Waals surface area contributed by atoms with Crippen molar-refractivity contribution in [2.75, 3.05) is 6.54 Å². The predicted molar refractivity (Wildman–Crippen MR) is 94.2 cm³/mol. The van der Waals surface area contributed by atoms with E-state index in [9.17, 15) is 0 Å². The summed E-state index contributed by atoms with van der Waals surface area (Å²) in [5, 5.41) is 0. The molecule has 1 N–H and O–H groups in total. The number of nitrogens with zero attached hydrogens (tertiary/aromatic N) is 4. The average molecular weight is 321 g/mol. The van der Waals surface area contributed by atoms with Gasteiger partial charge in [-0.25, -0.2) is 9.97 Å². The lowest BCUT2D eigenvalue weighted by atomic mass is 10.0. The lowest BCUT2D eigenvalue weighted by Gasteiger charge is -2.34. The van der Waals surface area contributed by atoms with Crippen LogP contribution >= 0.6 is 0 Å². The molecule has 1 unspecified atom stereocenters. The van der Waals surface area contributed by atoms with Crippen molar-refractivity contribution in [3.63, 3.8) is 0 Å². The molecule has 3 heterocycles. The molecule has 2 aromatic heterocycles. The van der Waals surface area contributed by atoms with Crippen molar-refractivity contribution in [2.45, 2.75) is 31.8 Å². The first-order chi connectivity index (χ1) is 11.8. The number of aryl methyl sites for hydroxylation is 1. The quantitative estimate of drug-likeness (QED) is 0.799. The number of hydrogen-bond donors (Lipinski definition) is 1. The highest BCUT2D eigenvalue weighted by Crippen LogP contribution is 2.31. The van der Waals surface area contributed by atoms with Crippen LogP contribution in [0.4, 0.5) is 0 Å². The van der Waals surface area contributed by atoms with Gasteiger partial charge in [-0.05, 0) is 24.9 Å². The van der Waals surface area contributed by atoms with E-state index in [2.05, 4.69) is 50.7 Å². The van der Waals surface area contributed by atoms with Gasteiger partial charge in [0, 0.05) is 19.8 Å². The molecular formula is C19H23N5. The molecule has 1 aromatic carbocycles. The summed E-state index contributed by atoms with van der Waals surface area (Å²) < 4.78 is 2.10. The minimum Gasteiger partial charge on any atom is -0.341 e. The number of aromatic amines is 1. The highest BCUT2D eigenvalue weighted by Gasteiger charge is 2.27. The van der Waals surface area contributed by atoms with Gasteiger partial charge < -0.3 is 9.55 Å². The summed E-state index contributed by atoms with van der Waals surface area (Å²) in [5.41, 5.74) is 3.53. The first-order valence-corrected chi connectivity index (χ1v) is 8.61. The highest BCUT2D eigenvalue weighted by atomic mass is 15.2. The second kappa shape index (κ2) is 6.61. The molecule has 1 fully saturated rings. The van der Waals surface area contributed by atoms with Gasteiger partial charge in [0.25, 0.3) is 0 Å². The molecule has 0 aliphatic carbocycles. The molecule has 1 aliphatic rings. The highest BCUT2D eigenvalue weighted by molar-refractivity contribution is 5.58. The van der Waals surface area contributed by atoms with Crippen LogP contribution in [0.2, 0.25) is 0 Å². The van der Waals surface area contributed by atoms with E-state index >= 15 is 0 Å². The average Bonchev–Trinajstić information content (AvgIpc) is 3.26. The van der Waals surface area contributed by atoms with Crippen molar-refractivity contribution < 1.29 is 0 Å². The van der Waals surface area contributed by atoms with E-state index in [4.69, 9.17) is 4.98 Å². The predicted octanol–water partition coefficient (Wildman–Crippen LogP) is 3.54. The van der Waals surface area contributed by atoms with Crippen molar-refractivity contribution in [1.29, 1.82) is 0 Å². The van der Waals surface area contributed by atoms with E-state index in [-0.39, 0.29) is 0 Å². The summed E-state index contributed by atoms with van der Waals surface area (Å²) >= 11 is 0. The second-order valence-electron chi connectivity index (χ2n) is 6.53. The molecule has 3 aromatic rings. The van der Waals surface area contributed by atoms with Gasteiger partial charge in [-0.2, -0.15) is 0 Å². The summed E-state index contributed by atoms with van der Waals surface area (Å²) in [6.07, 6.45) is 9.45. The number of piperidine rings is 1. The van der Waals surface area contributed by atoms with Crippen molar-refractivity contribution in [1.82, 2.24) is 24.4 Å². The van der Waals surface area contributed by atoms with Crippen LogP contribution in [0.3, 0.4) is 0 Å². The maximum atomic E-state index is 4.70. The van der Waals surface area contributed by atoms with E-state index in [1.54, 1.807) is 0 Å². The first-order valence-electron chi connectivity index (χ1n) is 8.61. The number of hydrogen-bond acceptors (Lipinski definition) is 3. The van der Waals surface area contributed by atoms with Crippen LogP contribution in [-0.4, -0.2) is 31.0 Å². The lowest BCUT2D eigenvalue weighted by Crippen LogP contribution is -2.34. The number of nitrogens with one attached hydrogen (secondary N) is 1. The SMILES string of the molecule is Cn1cncc1CN1CCCCC1c1ncc(-c2ccccc2)[nH]1. The van der Waals surface area contributed by atoms with Gasteiger partial charge in [-0.3, -0.25) is 4.90 Å². The molecule has 0 bridgehead atoms. The molecule has 24 heavy (non-hydrogen) atoms. The molecule has 5 nitrogen and oxygen atoms in total. The Kier molecular flexibility index (Phi) is 4.17. The Balaban J connectivity index is 1.57. The lowest BCUT2D eigenvalue weighted by molar-refractivity contribution is 0.131. The molecule has 5 heteroatoms. The molecule has 0 spiro atoms. The summed E-state index contributed by atoms with van der Waals surface area (Å²) in [6, 6.07) is 10.7. The van der Waals surface area contributed by atoms with Crippen LogP contribution in [0, 0.1) is 0 Å². The maximum absolute atomic E-state index is 4.70. The minimum atomic E-state index is 0.353. The van der Waals surface area contributed by atoms with Gasteiger partial charge in [0.15, 0.2) is 0 Å². The molecule has 1 saturated heterocycles. The van der Waals surface area contributed by atoms with E-state index in [0.717, 1.165) is 31.0 Å². The third-order valence-corrected chi connectivity index (χ3v) is 4.89. The second-order valence-corrected chi connectivity index (χ2v) is 6.53. The smallest absolute Gasteiger partial charge is 0.123 e. The Morgan fingerprint density at radius 3 is 2.83 bits per heavy atom. The van der Waals surface area contributed by atoms with Gasteiger partial charge in [0.1, 0.15) is 5.82 Å². The Hall–Kier alpha value is -2.40. The van der Waals surface area contributed by atoms with Crippen molar-refractivity contribution in [2.24, 2.45) is 7.05 Å². The number of aromatic nitrogens is 4. The molecule has 124 valence electrons. The summed E-state index contributed by atoms with van der Waals surface area (Å²) in [7, 11) is 2.06. The van der Waals surface area contributed by atoms with Crippen LogP contribution in [0.5, 0.6) is 0 Å². The van der Waals surface area contributed by atoms with E-state index < -0.39 is 0 Å². The molecule has 0 saturated carbocycles. The molecule has 0 amide bonds. The fourth-order valence-electron chi connectivity index (χ4n) is 3.51. The number of rotatable bonds is 4. The normalized spacial score (nSPS) is 18.8. The van der Waals surface area contributed by atoms with Gasteiger partial charge >= 0.3 is 0 Å². The van der Waals surface area contributed by atoms with E-state index in [1.165, 1.54) is 24.1 Å². The minimum absolute atomic E-state index is 0.353. The fourth-order valence-corrected chi connectivity index (χ4v) is 3.51. The number of H-pyrrole nitrogens is 1. The van der Waals surface area contributed by atoms with Gasteiger partial charge in [-0.15, -0.1) is 0 Å². The standard InChI is InChI=1S/C19H23N5/c1-23-14-20-11-16(23)13-24-10-6-5-9-18(24)19-21-12-17(22-19)15-7-3-2-4-8-15/h2-4,7-8,11-12,14,18H,5-6,9-10,13H2,1H3,(H,21,22). The first kappa shape index (κ1) is 15.1. The molecule has 0 radical (unpaired) electrons. The topological polar surface area (TPSA) is 49.7 Å². The maximum Gasteiger partial charge on any atom is 0.123 e. The van der Waals surface area contributed by atoms with E-state index in [0.29, 0.717) is 6.04 Å². The largest absolute Gasteiger partial charge is 0.341 e. The third kappa shape index (κ3) is 2.99. The van der Waals surface area contributed by atoms with Gasteiger partial charge in [0.05, 0.1) is 30.0 Å². The summed E-state index contributed by atoms with van der Waals surface area (Å²) in [4.78, 5) is 15.0. The zero-order valence-electron chi connectivity index (χ0n) is 14.0. The van der Waals surface area contributed by atoms with Gasteiger partial charge in [-0.1, -0.05) is 36.8 Å².